The molecule has 0 aliphatic carbocycles. The van der Waals surface area contributed by atoms with Crippen LogP contribution in [0, 0.1) is 17.0 Å². The number of aryl methyl sites for hydroxylation is 1. The Morgan fingerprint density at radius 1 is 0.759 bits per heavy atom. The Hall–Kier alpha value is -6.28. The summed E-state index contributed by atoms with van der Waals surface area (Å²) in [4.78, 5) is 22.6. The van der Waals surface area contributed by atoms with E-state index < -0.39 is 30.5 Å². The molecule has 278 valence electrons. The first-order valence-corrected chi connectivity index (χ1v) is 18.0. The number of benzene rings is 5. The summed E-state index contributed by atoms with van der Waals surface area (Å²) in [6, 6.07) is 22.7. The molecule has 0 amide bonds. The number of nitro groups is 1. The molecule has 9 N–H and O–H groups in total. The van der Waals surface area contributed by atoms with Gasteiger partial charge in [0.25, 0.3) is 11.2 Å². The first kappa shape index (κ1) is 40.5. The molecule has 0 unspecified atom stereocenters. The van der Waals surface area contributed by atoms with Crippen LogP contribution in [-0.2, 0) is 37.4 Å². The van der Waals surface area contributed by atoms with Crippen LogP contribution in [0.1, 0.15) is 5.69 Å². The molecule has 0 saturated carbocycles. The molecule has 6 rings (SSSR count). The minimum atomic E-state index is -3.93. The quantitative estimate of drug-likeness (QED) is 0.0696. The van der Waals surface area contributed by atoms with E-state index in [1.54, 1.807) is 25.1 Å². The fourth-order valence-corrected chi connectivity index (χ4v) is 5.80. The fraction of sp³-hybridized carbons (Fsp3) is 0.0312. The number of aromatic amines is 1. The van der Waals surface area contributed by atoms with Gasteiger partial charge in [0.15, 0.2) is 5.69 Å². The molecule has 0 atom stereocenters. The summed E-state index contributed by atoms with van der Waals surface area (Å²) in [5, 5.41) is 68.2. The maximum atomic E-state index is 12.7. The summed E-state index contributed by atoms with van der Waals surface area (Å²) in [7, 11) is -7.65. The summed E-state index contributed by atoms with van der Waals surface area (Å²) in [5.41, 5.74) is -0.535. The van der Waals surface area contributed by atoms with Crippen LogP contribution in [0.2, 0.25) is 0 Å². The van der Waals surface area contributed by atoms with Gasteiger partial charge < -0.3 is 15.3 Å². The number of hydrogen-bond donors (Lipinski definition) is 6. The average molecular weight is 815 g/mol. The molecular formula is C32H28CrN9O10S2+. The summed E-state index contributed by atoms with van der Waals surface area (Å²) >= 11 is 0. The van der Waals surface area contributed by atoms with Crippen LogP contribution in [0.4, 0.5) is 28.4 Å². The maximum absolute atomic E-state index is 12.7. The van der Waals surface area contributed by atoms with Crippen LogP contribution in [0.15, 0.2) is 132 Å². The molecular weight excluding hydrogens is 787 g/mol. The van der Waals surface area contributed by atoms with Gasteiger partial charge in [0, 0.05) is 34.9 Å². The summed E-state index contributed by atoms with van der Waals surface area (Å²) < 4.78 is 47.1. The number of H-pyrrole nitrogens is 1. The second-order valence-corrected chi connectivity index (χ2v) is 14.3. The topological polar surface area (TPSA) is 313 Å². The Bertz CT molecular complexity index is 2750. The monoisotopic (exact) mass is 814 g/mol. The van der Waals surface area contributed by atoms with Gasteiger partial charge in [0.2, 0.25) is 10.0 Å². The van der Waals surface area contributed by atoms with Crippen LogP contribution in [-0.4, -0.2) is 46.9 Å². The first-order valence-electron chi connectivity index (χ1n) is 14.8. The average Bonchev–Trinajstić information content (AvgIpc) is 3.39. The van der Waals surface area contributed by atoms with Crippen LogP contribution < -0.4 is 15.8 Å². The van der Waals surface area contributed by atoms with Crippen molar-refractivity contribution in [1.29, 1.82) is 0 Å². The number of primary sulfonamides is 1. The van der Waals surface area contributed by atoms with E-state index in [0.29, 0.717) is 11.1 Å². The van der Waals surface area contributed by atoms with E-state index in [1.807, 2.05) is 12.1 Å². The second-order valence-electron chi connectivity index (χ2n) is 11.0. The van der Waals surface area contributed by atoms with Crippen molar-refractivity contribution in [2.75, 3.05) is 0 Å². The summed E-state index contributed by atoms with van der Waals surface area (Å²) in [6.45, 7) is 1.54. The number of nitrogens with zero attached hydrogens (tertiary/aromatic N) is 6. The van der Waals surface area contributed by atoms with E-state index in [1.165, 1.54) is 36.4 Å². The zero-order chi connectivity index (χ0) is 38.7. The molecule has 0 aliphatic rings. The first-order chi connectivity index (χ1) is 24.9. The van der Waals surface area contributed by atoms with E-state index in [-0.39, 0.29) is 78.5 Å². The normalized spacial score (nSPS) is 11.7. The Morgan fingerprint density at radius 3 is 2.02 bits per heavy atom. The number of phenolic OH excluding ortho intramolecular Hbond substituents is 3. The van der Waals surface area contributed by atoms with Gasteiger partial charge in [-0.3, -0.25) is 20.0 Å². The van der Waals surface area contributed by atoms with Crippen molar-refractivity contribution >= 4 is 59.3 Å². The number of azo groups is 2. The third-order valence-electron chi connectivity index (χ3n) is 7.32. The van der Waals surface area contributed by atoms with Gasteiger partial charge >= 0.3 is 10.0 Å². The van der Waals surface area contributed by atoms with E-state index in [2.05, 4.69) is 30.7 Å². The van der Waals surface area contributed by atoms with Crippen molar-refractivity contribution in [3.63, 3.8) is 0 Å². The van der Waals surface area contributed by atoms with E-state index >= 15 is 0 Å². The van der Waals surface area contributed by atoms with Crippen molar-refractivity contribution < 1.29 is 59.6 Å². The second kappa shape index (κ2) is 16.2. The molecule has 1 aromatic heterocycles. The largest absolute Gasteiger partial charge is 0.506 e. The number of hydrogen-bond acceptors (Lipinski definition) is 14. The van der Waals surface area contributed by atoms with Crippen LogP contribution >= 0.6 is 0 Å². The van der Waals surface area contributed by atoms with E-state index in [4.69, 9.17) is 5.14 Å². The van der Waals surface area contributed by atoms with Gasteiger partial charge in [-0.1, -0.05) is 36.4 Å². The standard InChI is InChI=1S/C16H14N6O6S.C16H13N3O4S.Cr/c1-9-15(19-18-13-8-11(22(25)26)5-6-14(13)23)16(24)21(20-9)10-3-2-4-12(7-10)29(17,27)28;17-24(22,23)11-6-8-14(20)13(9-11)18-19-16-12-4-2-1-3-10(12)5-7-15(16)21;/h2-8,20,23H,1H3,(H2,17,27,28);1-9,20-21H,(H2,17,22,23);/p+1. The molecule has 0 spiro atoms. The zero-order valence-electron chi connectivity index (χ0n) is 27.6. The number of phenols is 3. The minimum absolute atomic E-state index is 0. The maximum Gasteiger partial charge on any atom is 0.322 e. The molecule has 5 aromatic carbocycles. The molecule has 0 fully saturated rings. The molecule has 0 aliphatic heterocycles. The fourth-order valence-electron chi connectivity index (χ4n) is 4.68. The smallest absolute Gasteiger partial charge is 0.322 e. The number of nitrogens with one attached hydrogen (secondary N) is 1. The molecule has 22 heteroatoms. The Kier molecular flexibility index (Phi) is 12.1. The third kappa shape index (κ3) is 9.20. The number of fused-ring (bicyclic) bond motifs is 1. The van der Waals surface area contributed by atoms with Gasteiger partial charge in [0.05, 0.1) is 21.2 Å². The van der Waals surface area contributed by atoms with Gasteiger partial charge in [-0.05, 0) is 60.8 Å². The van der Waals surface area contributed by atoms with Crippen molar-refractivity contribution in [1.82, 2.24) is 9.78 Å². The minimum Gasteiger partial charge on any atom is -0.506 e. The van der Waals surface area contributed by atoms with Crippen LogP contribution in [0.25, 0.3) is 16.5 Å². The third-order valence-corrected chi connectivity index (χ3v) is 9.20. The Balaban J connectivity index is 0.000000240. The van der Waals surface area contributed by atoms with Crippen LogP contribution in [0.5, 0.6) is 17.2 Å². The van der Waals surface area contributed by atoms with Gasteiger partial charge in [-0.15, -0.1) is 20.5 Å². The molecule has 54 heavy (non-hydrogen) atoms. The number of nitro benzene ring substituents is 1. The zero-order valence-corrected chi connectivity index (χ0v) is 30.5. The molecule has 19 nitrogen and oxygen atoms in total. The summed E-state index contributed by atoms with van der Waals surface area (Å²) in [5.74, 6) is -0.688. The van der Waals surface area contributed by atoms with Crippen molar-refractivity contribution in [2.45, 2.75) is 16.7 Å². The predicted molar refractivity (Wildman–Crippen MR) is 189 cm³/mol. The molecule has 0 radical (unpaired) electrons. The van der Waals surface area contributed by atoms with Crippen molar-refractivity contribution in [3.8, 4) is 22.9 Å². The van der Waals surface area contributed by atoms with Gasteiger partial charge in [-0.25, -0.2) is 23.4 Å². The predicted octanol–water partition coefficient (Wildman–Crippen LogP) is 4.75. The van der Waals surface area contributed by atoms with Crippen LogP contribution in [0.3, 0.4) is 0 Å². The van der Waals surface area contributed by atoms with Gasteiger partial charge in [0.1, 0.15) is 39.2 Å². The number of non-ortho nitro benzene ring substituents is 1. The molecule has 1 heterocycles. The number of quaternary nitrogens is 1. The SMILES string of the molecule is Cc1[nH]n(-c2cccc(S([NH3+])(=O)=O)c2)c(=O)c1N=Nc1cc([N+](=O)[O-])ccc1O.NS(=O)(=O)c1ccc(O)c(N=Nc2c(O)ccc3ccccc23)c1.[Cr]. The Labute approximate surface area is 315 Å². The molecule has 0 bridgehead atoms. The Morgan fingerprint density at radius 2 is 1.37 bits per heavy atom. The number of aromatic hydroxyl groups is 3. The van der Waals surface area contributed by atoms with E-state index in [9.17, 15) is 47.1 Å². The number of aromatic nitrogens is 2. The number of nitrogens with two attached hydrogens (primary N) is 1. The van der Waals surface area contributed by atoms with Crippen molar-refractivity contribution in [2.24, 2.45) is 25.6 Å². The molecule has 0 saturated heterocycles. The van der Waals surface area contributed by atoms with E-state index in [0.717, 1.165) is 40.4 Å². The van der Waals surface area contributed by atoms with Crippen molar-refractivity contribution in [3.05, 3.63) is 123 Å². The molecule has 6 aromatic rings. The van der Waals surface area contributed by atoms with Gasteiger partial charge in [-0.2, -0.15) is 8.42 Å². The number of sulfonamides is 2. The summed E-state index contributed by atoms with van der Waals surface area (Å²) in [6.07, 6.45) is 0. The number of rotatable bonds is 8.